The van der Waals surface area contributed by atoms with Gasteiger partial charge in [-0.05, 0) is 45.4 Å². The Hall–Kier alpha value is -0.890. The molecule has 0 aromatic carbocycles. The Balaban J connectivity index is 0.00000156. The zero-order valence-corrected chi connectivity index (χ0v) is 16.5. The number of nitrogens with zero attached hydrogens (tertiary/aromatic N) is 4. The fraction of sp³-hybridized carbons (Fsp3) is 0.812. The van der Waals surface area contributed by atoms with E-state index in [4.69, 9.17) is 10.5 Å². The van der Waals surface area contributed by atoms with Crippen molar-refractivity contribution < 1.29 is 9.53 Å². The molecular formula is C16H29Cl2N5O2. The molecule has 0 radical (unpaired) electrons. The van der Waals surface area contributed by atoms with Gasteiger partial charge in [0.1, 0.15) is 17.8 Å². The summed E-state index contributed by atoms with van der Waals surface area (Å²) in [6, 6.07) is 0. The van der Waals surface area contributed by atoms with Crippen LogP contribution in [0.4, 0.5) is 0 Å². The highest BCUT2D eigenvalue weighted by molar-refractivity contribution is 5.85. The van der Waals surface area contributed by atoms with Crippen LogP contribution in [0.2, 0.25) is 0 Å². The normalized spacial score (nSPS) is 26.0. The molecule has 144 valence electrons. The number of amides is 1. The molecule has 1 aromatic heterocycles. The Kier molecular flexibility index (Phi) is 8.60. The van der Waals surface area contributed by atoms with Crippen LogP contribution in [-0.4, -0.2) is 57.4 Å². The second-order valence-corrected chi connectivity index (χ2v) is 6.74. The van der Waals surface area contributed by atoms with E-state index in [9.17, 15) is 4.79 Å². The third-order valence-electron chi connectivity index (χ3n) is 4.87. The smallest absolute Gasteiger partial charge is 0.251 e. The molecule has 9 heteroatoms. The summed E-state index contributed by atoms with van der Waals surface area (Å²) >= 11 is 0. The summed E-state index contributed by atoms with van der Waals surface area (Å²) in [5, 5.41) is 4.44. The van der Waals surface area contributed by atoms with Gasteiger partial charge in [-0.2, -0.15) is 5.10 Å². The monoisotopic (exact) mass is 393 g/mol. The molecule has 0 spiro atoms. The Morgan fingerprint density at radius 1 is 1.28 bits per heavy atom. The molecule has 2 aliphatic heterocycles. The van der Waals surface area contributed by atoms with Crippen molar-refractivity contribution in [1.82, 2.24) is 19.7 Å². The zero-order chi connectivity index (χ0) is 16.4. The Morgan fingerprint density at radius 3 is 2.64 bits per heavy atom. The number of likely N-dealkylation sites (tertiary alicyclic amines) is 1. The fourth-order valence-corrected chi connectivity index (χ4v) is 3.66. The van der Waals surface area contributed by atoms with Crippen molar-refractivity contribution in [3.63, 3.8) is 0 Å². The van der Waals surface area contributed by atoms with Crippen LogP contribution in [0.3, 0.4) is 0 Å². The van der Waals surface area contributed by atoms with Crippen molar-refractivity contribution >= 4 is 30.7 Å². The van der Waals surface area contributed by atoms with E-state index >= 15 is 0 Å². The van der Waals surface area contributed by atoms with Gasteiger partial charge in [0.2, 0.25) is 0 Å². The zero-order valence-electron chi connectivity index (χ0n) is 14.9. The summed E-state index contributed by atoms with van der Waals surface area (Å²) in [6.07, 6.45) is 3.60. The number of aryl methyl sites for hydroxylation is 2. The Labute approximate surface area is 161 Å². The van der Waals surface area contributed by atoms with E-state index in [1.807, 2.05) is 23.4 Å². The molecule has 25 heavy (non-hydrogen) atoms. The molecule has 0 aliphatic carbocycles. The van der Waals surface area contributed by atoms with E-state index in [-0.39, 0.29) is 42.9 Å². The summed E-state index contributed by atoms with van der Waals surface area (Å²) < 4.78 is 7.72. The molecule has 1 aromatic rings. The first-order valence-corrected chi connectivity index (χ1v) is 8.59. The number of carbonyl (C=O) groups excluding carboxylic acids is 1. The second kappa shape index (κ2) is 9.71. The molecule has 2 fully saturated rings. The van der Waals surface area contributed by atoms with E-state index in [2.05, 4.69) is 10.1 Å². The molecule has 2 aliphatic rings. The molecule has 0 saturated carbocycles. The number of hydrogen-bond donors (Lipinski definition) is 1. The lowest BCUT2D eigenvalue weighted by Gasteiger charge is -2.34. The average molecular weight is 394 g/mol. The molecule has 2 N–H and O–H groups in total. The van der Waals surface area contributed by atoms with E-state index in [0.29, 0.717) is 12.5 Å². The minimum absolute atomic E-state index is 0. The minimum atomic E-state index is -0.294. The SMILES string of the molecule is Cc1nc(C)n(CC2CCCN(C(=O)[C@@H]3CC[C@H](CN)O3)C2)n1.Cl.Cl. The van der Waals surface area contributed by atoms with Gasteiger partial charge in [0.15, 0.2) is 0 Å². The van der Waals surface area contributed by atoms with E-state index in [1.54, 1.807) is 0 Å². The predicted octanol–water partition coefficient (Wildman–Crippen LogP) is 1.48. The van der Waals surface area contributed by atoms with Crippen LogP contribution in [-0.2, 0) is 16.1 Å². The highest BCUT2D eigenvalue weighted by Crippen LogP contribution is 2.24. The van der Waals surface area contributed by atoms with E-state index in [1.165, 1.54) is 0 Å². The number of carbonyl (C=O) groups is 1. The molecule has 2 saturated heterocycles. The summed E-state index contributed by atoms with van der Waals surface area (Å²) in [4.78, 5) is 19.0. The van der Waals surface area contributed by atoms with Crippen molar-refractivity contribution in [2.75, 3.05) is 19.6 Å². The van der Waals surface area contributed by atoms with Crippen LogP contribution in [0.15, 0.2) is 0 Å². The largest absolute Gasteiger partial charge is 0.364 e. The lowest BCUT2D eigenvalue weighted by molar-refractivity contribution is -0.144. The highest BCUT2D eigenvalue weighted by Gasteiger charge is 2.34. The number of ether oxygens (including phenoxy) is 1. The standard InChI is InChI=1S/C16H27N5O2.2ClH/c1-11-18-12(2)21(19-11)10-13-4-3-7-20(9-13)16(22)15-6-5-14(8-17)23-15;;/h13-15H,3-10,17H2,1-2H3;2*1H/t13?,14-,15+;;/m1../s1. The van der Waals surface area contributed by atoms with Crippen LogP contribution in [0.5, 0.6) is 0 Å². The van der Waals surface area contributed by atoms with Crippen LogP contribution < -0.4 is 5.73 Å². The number of nitrogens with two attached hydrogens (primary N) is 1. The van der Waals surface area contributed by atoms with Gasteiger partial charge in [-0.3, -0.25) is 4.79 Å². The van der Waals surface area contributed by atoms with Crippen LogP contribution >= 0.6 is 24.8 Å². The molecule has 1 unspecified atom stereocenters. The minimum Gasteiger partial charge on any atom is -0.364 e. The van der Waals surface area contributed by atoms with Crippen molar-refractivity contribution in [3.8, 4) is 0 Å². The lowest BCUT2D eigenvalue weighted by atomic mass is 9.97. The maximum atomic E-state index is 12.7. The first-order chi connectivity index (χ1) is 11.1. The molecule has 0 bridgehead atoms. The van der Waals surface area contributed by atoms with Crippen LogP contribution in [0, 0.1) is 19.8 Å². The fourth-order valence-electron chi connectivity index (χ4n) is 3.66. The van der Waals surface area contributed by atoms with Gasteiger partial charge in [0.05, 0.1) is 6.10 Å². The topological polar surface area (TPSA) is 86.3 Å². The summed E-state index contributed by atoms with van der Waals surface area (Å²) in [7, 11) is 0. The lowest BCUT2D eigenvalue weighted by Crippen LogP contribution is -2.46. The Bertz CT molecular complexity index is 569. The summed E-state index contributed by atoms with van der Waals surface area (Å²) in [6.45, 7) is 6.82. The molecular weight excluding hydrogens is 365 g/mol. The maximum absolute atomic E-state index is 12.7. The molecule has 3 heterocycles. The van der Waals surface area contributed by atoms with Gasteiger partial charge in [0, 0.05) is 26.2 Å². The summed E-state index contributed by atoms with van der Waals surface area (Å²) in [5.74, 6) is 2.31. The average Bonchev–Trinajstić information content (AvgIpc) is 3.14. The van der Waals surface area contributed by atoms with Gasteiger partial charge >= 0.3 is 0 Å². The first-order valence-electron chi connectivity index (χ1n) is 8.59. The van der Waals surface area contributed by atoms with Crippen molar-refractivity contribution in [3.05, 3.63) is 11.6 Å². The maximum Gasteiger partial charge on any atom is 0.251 e. The highest BCUT2D eigenvalue weighted by atomic mass is 35.5. The number of piperidine rings is 1. The van der Waals surface area contributed by atoms with Crippen LogP contribution in [0.25, 0.3) is 0 Å². The number of aromatic nitrogens is 3. The van der Waals surface area contributed by atoms with Crippen molar-refractivity contribution in [2.45, 2.75) is 58.3 Å². The number of rotatable bonds is 4. The molecule has 1 amide bonds. The third kappa shape index (κ3) is 5.29. The molecule has 3 rings (SSSR count). The number of hydrogen-bond acceptors (Lipinski definition) is 5. The van der Waals surface area contributed by atoms with Gasteiger partial charge in [0.25, 0.3) is 5.91 Å². The van der Waals surface area contributed by atoms with Gasteiger partial charge in [-0.1, -0.05) is 0 Å². The van der Waals surface area contributed by atoms with Gasteiger partial charge < -0.3 is 15.4 Å². The van der Waals surface area contributed by atoms with Crippen molar-refractivity contribution in [1.29, 1.82) is 0 Å². The van der Waals surface area contributed by atoms with Gasteiger partial charge in [-0.25, -0.2) is 9.67 Å². The number of halogens is 2. The van der Waals surface area contributed by atoms with E-state index in [0.717, 1.165) is 57.0 Å². The van der Waals surface area contributed by atoms with E-state index < -0.39 is 0 Å². The molecule has 7 nitrogen and oxygen atoms in total. The Morgan fingerprint density at radius 2 is 2.04 bits per heavy atom. The second-order valence-electron chi connectivity index (χ2n) is 6.74. The predicted molar refractivity (Wildman–Crippen MR) is 100 cm³/mol. The first kappa shape index (κ1) is 22.2. The van der Waals surface area contributed by atoms with Crippen molar-refractivity contribution in [2.24, 2.45) is 11.7 Å². The van der Waals surface area contributed by atoms with Crippen LogP contribution in [0.1, 0.15) is 37.3 Å². The third-order valence-corrected chi connectivity index (χ3v) is 4.87. The molecule has 3 atom stereocenters. The van der Waals surface area contributed by atoms with Gasteiger partial charge in [-0.15, -0.1) is 24.8 Å². The quantitative estimate of drug-likeness (QED) is 0.836. The summed E-state index contributed by atoms with van der Waals surface area (Å²) in [5.41, 5.74) is 5.63.